The number of rotatable bonds is 7. The fourth-order valence-corrected chi connectivity index (χ4v) is 3.73. The first-order chi connectivity index (χ1) is 15.6. The maximum absolute atomic E-state index is 12.8. The van der Waals surface area contributed by atoms with Crippen LogP contribution in [0.3, 0.4) is 0 Å². The minimum atomic E-state index is -0.519. The summed E-state index contributed by atoms with van der Waals surface area (Å²) in [5.74, 6) is 2.42. The minimum Gasteiger partial charge on any atom is -0.494 e. The van der Waals surface area contributed by atoms with Gasteiger partial charge in [-0.15, -0.1) is 0 Å². The number of hydrogen-bond donors (Lipinski definition) is 0. The summed E-state index contributed by atoms with van der Waals surface area (Å²) in [4.78, 5) is 25.7. The zero-order chi connectivity index (χ0) is 22.3. The standard InChI is InChI=1S/C25H28N4O3/c1-3-31-21-11-9-20(10-12-21)23-17-24(27-18-26-23)28-13-15-29(16-14-28)25(30)19(2)32-22-7-5-4-6-8-22/h4-12,17-19H,3,13-16H2,1-2H3. The maximum atomic E-state index is 12.8. The van der Waals surface area contributed by atoms with Gasteiger partial charge in [-0.1, -0.05) is 18.2 Å². The number of piperazine rings is 1. The van der Waals surface area contributed by atoms with Gasteiger partial charge >= 0.3 is 0 Å². The lowest BCUT2D eigenvalue weighted by Crippen LogP contribution is -2.52. The van der Waals surface area contributed by atoms with Crippen molar-refractivity contribution in [3.8, 4) is 22.8 Å². The molecule has 0 N–H and O–H groups in total. The number of ether oxygens (including phenoxy) is 2. The topological polar surface area (TPSA) is 67.8 Å². The molecular formula is C25H28N4O3. The fourth-order valence-electron chi connectivity index (χ4n) is 3.73. The molecule has 1 amide bonds. The van der Waals surface area contributed by atoms with Crippen LogP contribution in [0.4, 0.5) is 5.82 Å². The summed E-state index contributed by atoms with van der Waals surface area (Å²) in [6.07, 6.45) is 1.07. The summed E-state index contributed by atoms with van der Waals surface area (Å²) in [5, 5.41) is 0. The second-order valence-corrected chi connectivity index (χ2v) is 7.60. The zero-order valence-corrected chi connectivity index (χ0v) is 18.5. The van der Waals surface area contributed by atoms with Crippen LogP contribution in [0.15, 0.2) is 67.0 Å². The van der Waals surface area contributed by atoms with Crippen molar-refractivity contribution in [2.45, 2.75) is 20.0 Å². The normalized spacial score (nSPS) is 14.7. The first-order valence-corrected chi connectivity index (χ1v) is 10.9. The first-order valence-electron chi connectivity index (χ1n) is 10.9. The molecule has 7 nitrogen and oxygen atoms in total. The van der Waals surface area contributed by atoms with Crippen LogP contribution in [0.1, 0.15) is 13.8 Å². The number of anilines is 1. The number of hydrogen-bond acceptors (Lipinski definition) is 6. The average Bonchev–Trinajstić information content (AvgIpc) is 2.85. The lowest BCUT2D eigenvalue weighted by atomic mass is 10.1. The molecule has 3 aromatic rings. The van der Waals surface area contributed by atoms with Gasteiger partial charge in [-0.25, -0.2) is 9.97 Å². The summed E-state index contributed by atoms with van der Waals surface area (Å²) >= 11 is 0. The van der Waals surface area contributed by atoms with Gasteiger partial charge in [-0.3, -0.25) is 4.79 Å². The van der Waals surface area contributed by atoms with Crippen molar-refractivity contribution in [2.24, 2.45) is 0 Å². The predicted octanol–water partition coefficient (Wildman–Crippen LogP) is 3.66. The van der Waals surface area contributed by atoms with Crippen molar-refractivity contribution in [3.63, 3.8) is 0 Å². The summed E-state index contributed by atoms with van der Waals surface area (Å²) in [7, 11) is 0. The third-order valence-corrected chi connectivity index (χ3v) is 5.43. The molecule has 0 spiro atoms. The van der Waals surface area contributed by atoms with E-state index < -0.39 is 6.10 Å². The van der Waals surface area contributed by atoms with E-state index >= 15 is 0 Å². The Bertz CT molecular complexity index is 1020. The molecular weight excluding hydrogens is 404 g/mol. The number of carbonyl (C=O) groups is 1. The Morgan fingerprint density at radius 2 is 1.69 bits per heavy atom. The van der Waals surface area contributed by atoms with Crippen LogP contribution < -0.4 is 14.4 Å². The van der Waals surface area contributed by atoms with E-state index in [2.05, 4.69) is 14.9 Å². The molecule has 1 aliphatic heterocycles. The van der Waals surface area contributed by atoms with Crippen LogP contribution in [0.2, 0.25) is 0 Å². The second-order valence-electron chi connectivity index (χ2n) is 7.60. The van der Waals surface area contributed by atoms with Crippen molar-refractivity contribution in [3.05, 3.63) is 67.0 Å². The van der Waals surface area contributed by atoms with Crippen molar-refractivity contribution in [2.75, 3.05) is 37.7 Å². The van der Waals surface area contributed by atoms with Crippen molar-refractivity contribution in [1.82, 2.24) is 14.9 Å². The average molecular weight is 433 g/mol. The maximum Gasteiger partial charge on any atom is 0.263 e. The predicted molar refractivity (Wildman–Crippen MR) is 124 cm³/mol. The van der Waals surface area contributed by atoms with Crippen molar-refractivity contribution < 1.29 is 14.3 Å². The molecule has 1 saturated heterocycles. The quantitative estimate of drug-likeness (QED) is 0.568. The minimum absolute atomic E-state index is 0.00580. The second kappa shape index (κ2) is 10.1. The molecule has 166 valence electrons. The van der Waals surface area contributed by atoms with Crippen LogP contribution >= 0.6 is 0 Å². The highest BCUT2D eigenvalue weighted by Gasteiger charge is 2.26. The Hall–Kier alpha value is -3.61. The van der Waals surface area contributed by atoms with E-state index in [9.17, 15) is 4.79 Å². The molecule has 2 aromatic carbocycles. The van der Waals surface area contributed by atoms with Gasteiger partial charge in [0.05, 0.1) is 12.3 Å². The van der Waals surface area contributed by atoms with E-state index in [-0.39, 0.29) is 5.91 Å². The largest absolute Gasteiger partial charge is 0.494 e. The van der Waals surface area contributed by atoms with Crippen LogP contribution in [0.5, 0.6) is 11.5 Å². The van der Waals surface area contributed by atoms with E-state index in [1.54, 1.807) is 13.3 Å². The SMILES string of the molecule is CCOc1ccc(-c2cc(N3CCN(C(=O)C(C)Oc4ccccc4)CC3)ncn2)cc1. The summed E-state index contributed by atoms with van der Waals surface area (Å²) < 4.78 is 11.3. The smallest absolute Gasteiger partial charge is 0.263 e. The van der Waals surface area contributed by atoms with Gasteiger partial charge in [-0.05, 0) is 50.2 Å². The van der Waals surface area contributed by atoms with Gasteiger partial charge in [0.1, 0.15) is 23.6 Å². The van der Waals surface area contributed by atoms with Gasteiger partial charge in [-0.2, -0.15) is 0 Å². The van der Waals surface area contributed by atoms with Crippen molar-refractivity contribution >= 4 is 11.7 Å². The molecule has 1 unspecified atom stereocenters. The number of aromatic nitrogens is 2. The van der Waals surface area contributed by atoms with Gasteiger partial charge in [0, 0.05) is 37.8 Å². The Morgan fingerprint density at radius 1 is 0.969 bits per heavy atom. The molecule has 0 radical (unpaired) electrons. The summed E-state index contributed by atoms with van der Waals surface area (Å²) in [6.45, 7) is 7.09. The molecule has 0 bridgehead atoms. The third kappa shape index (κ3) is 5.17. The van der Waals surface area contributed by atoms with Crippen LogP contribution in [-0.4, -0.2) is 59.7 Å². The number of nitrogens with zero attached hydrogens (tertiary/aromatic N) is 4. The van der Waals surface area contributed by atoms with E-state index in [4.69, 9.17) is 9.47 Å². The van der Waals surface area contributed by atoms with E-state index in [0.717, 1.165) is 22.8 Å². The van der Waals surface area contributed by atoms with Crippen LogP contribution in [0, 0.1) is 0 Å². The Morgan fingerprint density at radius 3 is 2.38 bits per heavy atom. The molecule has 1 atom stereocenters. The molecule has 1 aliphatic rings. The zero-order valence-electron chi connectivity index (χ0n) is 18.5. The molecule has 7 heteroatoms. The molecule has 1 fully saturated rings. The number of amides is 1. The fraction of sp³-hybridized carbons (Fsp3) is 0.320. The lowest BCUT2D eigenvalue weighted by Gasteiger charge is -2.36. The summed E-state index contributed by atoms with van der Waals surface area (Å²) in [5.41, 5.74) is 1.87. The van der Waals surface area contributed by atoms with Crippen LogP contribution in [-0.2, 0) is 4.79 Å². The monoisotopic (exact) mass is 432 g/mol. The highest BCUT2D eigenvalue weighted by Crippen LogP contribution is 2.24. The van der Waals surface area contributed by atoms with E-state index in [1.165, 1.54) is 0 Å². The molecule has 0 saturated carbocycles. The van der Waals surface area contributed by atoms with Gasteiger partial charge < -0.3 is 19.3 Å². The lowest BCUT2D eigenvalue weighted by molar-refractivity contribution is -0.138. The van der Waals surface area contributed by atoms with E-state index in [1.807, 2.05) is 72.5 Å². The highest BCUT2D eigenvalue weighted by molar-refractivity contribution is 5.81. The van der Waals surface area contributed by atoms with Crippen LogP contribution in [0.25, 0.3) is 11.3 Å². The Kier molecular flexibility index (Phi) is 6.84. The number of benzene rings is 2. The van der Waals surface area contributed by atoms with Gasteiger partial charge in [0.2, 0.25) is 0 Å². The van der Waals surface area contributed by atoms with E-state index in [0.29, 0.717) is 38.5 Å². The van der Waals surface area contributed by atoms with Crippen molar-refractivity contribution in [1.29, 1.82) is 0 Å². The molecule has 1 aromatic heterocycles. The summed E-state index contributed by atoms with van der Waals surface area (Å²) in [6, 6.07) is 19.3. The Labute approximate surface area is 188 Å². The number of para-hydroxylation sites is 1. The van der Waals surface area contributed by atoms with Gasteiger partial charge in [0.25, 0.3) is 5.91 Å². The molecule has 4 rings (SSSR count). The Balaban J connectivity index is 1.36. The molecule has 0 aliphatic carbocycles. The molecule has 2 heterocycles. The highest BCUT2D eigenvalue weighted by atomic mass is 16.5. The van der Waals surface area contributed by atoms with Gasteiger partial charge in [0.15, 0.2) is 6.10 Å². The number of carbonyl (C=O) groups excluding carboxylic acids is 1. The first kappa shape index (κ1) is 21.6. The third-order valence-electron chi connectivity index (χ3n) is 5.43. The molecule has 32 heavy (non-hydrogen) atoms.